The smallest absolute Gasteiger partial charge is 0.257 e. The molecule has 1 atom stereocenters. The second kappa shape index (κ2) is 8.65. The van der Waals surface area contributed by atoms with Gasteiger partial charge in [-0.25, -0.2) is 0 Å². The van der Waals surface area contributed by atoms with E-state index in [2.05, 4.69) is 29.1 Å². The molecule has 0 spiro atoms. The Hall–Kier alpha value is -2.22. The molecule has 0 saturated carbocycles. The predicted octanol–water partition coefficient (Wildman–Crippen LogP) is 2.17. The van der Waals surface area contributed by atoms with Gasteiger partial charge in [0.25, 0.3) is 5.91 Å². The molecule has 3 heterocycles. The lowest BCUT2D eigenvalue weighted by Crippen LogP contribution is -2.43. The molecule has 2 aromatic heterocycles. The molecule has 148 valence electrons. The van der Waals surface area contributed by atoms with Crippen LogP contribution in [-0.4, -0.2) is 56.5 Å². The first kappa shape index (κ1) is 19.5. The van der Waals surface area contributed by atoms with Gasteiger partial charge >= 0.3 is 0 Å². The van der Waals surface area contributed by atoms with Gasteiger partial charge in [0, 0.05) is 39.2 Å². The summed E-state index contributed by atoms with van der Waals surface area (Å²) in [6.45, 7) is 8.00. The maximum Gasteiger partial charge on any atom is 0.257 e. The standard InChI is InChI=1S/C19H29N5O3/c1-13(2)10-18-20-17(22-27-18)7-9-26-15-6-5-8-24(11-15)19(25)16-12-23(4)21-14(16)3/h12-13,15H,5-11H2,1-4H3. The molecule has 0 aliphatic carbocycles. The summed E-state index contributed by atoms with van der Waals surface area (Å²) >= 11 is 0. The third kappa shape index (κ3) is 5.15. The van der Waals surface area contributed by atoms with E-state index in [1.54, 1.807) is 10.9 Å². The lowest BCUT2D eigenvalue weighted by molar-refractivity contribution is 0.00248. The molecule has 1 aliphatic rings. The van der Waals surface area contributed by atoms with Crippen LogP contribution in [0.2, 0.25) is 0 Å². The highest BCUT2D eigenvalue weighted by molar-refractivity contribution is 5.95. The summed E-state index contributed by atoms with van der Waals surface area (Å²) in [5, 5.41) is 8.27. The fraction of sp³-hybridized carbons (Fsp3) is 0.684. The highest BCUT2D eigenvalue weighted by atomic mass is 16.5. The summed E-state index contributed by atoms with van der Waals surface area (Å²) in [5.74, 6) is 1.89. The fourth-order valence-electron chi connectivity index (χ4n) is 3.38. The van der Waals surface area contributed by atoms with Crippen LogP contribution in [0.1, 0.15) is 54.5 Å². The van der Waals surface area contributed by atoms with Crippen molar-refractivity contribution >= 4 is 5.91 Å². The molecule has 0 bridgehead atoms. The van der Waals surface area contributed by atoms with Gasteiger partial charge in [-0.1, -0.05) is 19.0 Å². The second-order valence-electron chi connectivity index (χ2n) is 7.64. The zero-order valence-electron chi connectivity index (χ0n) is 16.6. The number of aryl methyl sites for hydroxylation is 2. The number of piperidine rings is 1. The molecule has 0 N–H and O–H groups in total. The number of nitrogens with zero attached hydrogens (tertiary/aromatic N) is 5. The summed E-state index contributed by atoms with van der Waals surface area (Å²) in [4.78, 5) is 19.0. The maximum atomic E-state index is 12.8. The Bertz CT molecular complexity index is 767. The molecule has 1 amide bonds. The number of ether oxygens (including phenoxy) is 1. The maximum absolute atomic E-state index is 12.8. The third-order valence-electron chi connectivity index (χ3n) is 4.68. The van der Waals surface area contributed by atoms with Crippen molar-refractivity contribution in [3.8, 4) is 0 Å². The van der Waals surface area contributed by atoms with E-state index >= 15 is 0 Å². The van der Waals surface area contributed by atoms with Crippen LogP contribution in [0.15, 0.2) is 10.7 Å². The van der Waals surface area contributed by atoms with Crippen LogP contribution >= 0.6 is 0 Å². The van der Waals surface area contributed by atoms with Crippen molar-refractivity contribution in [2.75, 3.05) is 19.7 Å². The Kier molecular flexibility index (Phi) is 6.26. The SMILES string of the molecule is Cc1nn(C)cc1C(=O)N1CCCC(OCCc2noc(CC(C)C)n2)C1. The number of hydrogen-bond acceptors (Lipinski definition) is 6. The molecule has 27 heavy (non-hydrogen) atoms. The fourth-order valence-corrected chi connectivity index (χ4v) is 3.38. The van der Waals surface area contributed by atoms with Gasteiger partial charge in [0.15, 0.2) is 5.82 Å². The Morgan fingerprint density at radius 2 is 2.26 bits per heavy atom. The summed E-state index contributed by atoms with van der Waals surface area (Å²) in [5.41, 5.74) is 1.43. The molecule has 0 aromatic carbocycles. The quantitative estimate of drug-likeness (QED) is 0.737. The number of likely N-dealkylation sites (tertiary alicyclic amines) is 1. The van der Waals surface area contributed by atoms with Crippen LogP contribution in [0.4, 0.5) is 0 Å². The summed E-state index contributed by atoms with van der Waals surface area (Å²) in [6, 6.07) is 0. The molecule has 3 rings (SSSR count). The molecule has 1 fully saturated rings. The first-order valence-electron chi connectivity index (χ1n) is 9.65. The molecule has 8 heteroatoms. The van der Waals surface area contributed by atoms with Crippen molar-refractivity contribution in [3.05, 3.63) is 29.2 Å². The first-order valence-corrected chi connectivity index (χ1v) is 9.65. The number of hydrogen-bond donors (Lipinski definition) is 0. The molecule has 2 aromatic rings. The van der Waals surface area contributed by atoms with E-state index in [9.17, 15) is 4.79 Å². The van der Waals surface area contributed by atoms with E-state index < -0.39 is 0 Å². The Balaban J connectivity index is 1.48. The summed E-state index contributed by atoms with van der Waals surface area (Å²) in [6.07, 6.45) is 5.14. The lowest BCUT2D eigenvalue weighted by atomic mass is 10.1. The van der Waals surface area contributed by atoms with Crippen LogP contribution in [0.5, 0.6) is 0 Å². The zero-order chi connectivity index (χ0) is 19.4. The van der Waals surface area contributed by atoms with E-state index in [1.165, 1.54) is 0 Å². The van der Waals surface area contributed by atoms with Crippen LogP contribution in [0.25, 0.3) is 0 Å². The van der Waals surface area contributed by atoms with Crippen LogP contribution < -0.4 is 0 Å². The average Bonchev–Trinajstić information content (AvgIpc) is 3.19. The number of rotatable bonds is 7. The first-order chi connectivity index (χ1) is 12.9. The molecule has 1 unspecified atom stereocenters. The van der Waals surface area contributed by atoms with Crippen molar-refractivity contribution in [1.82, 2.24) is 24.8 Å². The van der Waals surface area contributed by atoms with Crippen molar-refractivity contribution < 1.29 is 14.1 Å². The third-order valence-corrected chi connectivity index (χ3v) is 4.68. The van der Waals surface area contributed by atoms with Crippen molar-refractivity contribution in [2.45, 2.75) is 52.6 Å². The molecular formula is C19H29N5O3. The van der Waals surface area contributed by atoms with Gasteiger partial charge in [-0.15, -0.1) is 0 Å². The lowest BCUT2D eigenvalue weighted by Gasteiger charge is -2.32. The monoisotopic (exact) mass is 375 g/mol. The topological polar surface area (TPSA) is 86.3 Å². The molecular weight excluding hydrogens is 346 g/mol. The van der Waals surface area contributed by atoms with Gasteiger partial charge in [-0.05, 0) is 25.7 Å². The highest BCUT2D eigenvalue weighted by Crippen LogP contribution is 2.18. The molecule has 0 radical (unpaired) electrons. The van der Waals surface area contributed by atoms with Gasteiger partial charge in [0.1, 0.15) is 0 Å². The number of carbonyl (C=O) groups excluding carboxylic acids is 1. The minimum absolute atomic E-state index is 0.0328. The van der Waals surface area contributed by atoms with E-state index in [0.29, 0.717) is 42.8 Å². The summed E-state index contributed by atoms with van der Waals surface area (Å²) in [7, 11) is 1.83. The van der Waals surface area contributed by atoms with Crippen LogP contribution in [-0.2, 0) is 24.6 Å². The van der Waals surface area contributed by atoms with Crippen LogP contribution in [0.3, 0.4) is 0 Å². The Morgan fingerprint density at radius 1 is 1.44 bits per heavy atom. The molecule has 1 aliphatic heterocycles. The summed E-state index contributed by atoms with van der Waals surface area (Å²) < 4.78 is 12.9. The Morgan fingerprint density at radius 3 is 2.96 bits per heavy atom. The van der Waals surface area contributed by atoms with E-state index in [1.807, 2.05) is 18.9 Å². The van der Waals surface area contributed by atoms with Gasteiger partial charge in [-0.3, -0.25) is 9.48 Å². The van der Waals surface area contributed by atoms with E-state index in [0.717, 1.165) is 31.5 Å². The molecule has 1 saturated heterocycles. The Labute approximate surface area is 159 Å². The average molecular weight is 375 g/mol. The largest absolute Gasteiger partial charge is 0.376 e. The minimum atomic E-state index is 0.0328. The van der Waals surface area contributed by atoms with Crippen LogP contribution in [0, 0.1) is 12.8 Å². The second-order valence-corrected chi connectivity index (χ2v) is 7.64. The van der Waals surface area contributed by atoms with Crippen molar-refractivity contribution in [2.24, 2.45) is 13.0 Å². The predicted molar refractivity (Wildman–Crippen MR) is 99.4 cm³/mol. The normalized spacial score (nSPS) is 17.7. The van der Waals surface area contributed by atoms with Crippen molar-refractivity contribution in [3.63, 3.8) is 0 Å². The number of amides is 1. The number of carbonyl (C=O) groups is 1. The van der Waals surface area contributed by atoms with Gasteiger partial charge in [0.2, 0.25) is 5.89 Å². The van der Waals surface area contributed by atoms with E-state index in [-0.39, 0.29) is 12.0 Å². The van der Waals surface area contributed by atoms with Crippen molar-refractivity contribution in [1.29, 1.82) is 0 Å². The number of aromatic nitrogens is 4. The molecule has 8 nitrogen and oxygen atoms in total. The van der Waals surface area contributed by atoms with Gasteiger partial charge < -0.3 is 14.2 Å². The van der Waals surface area contributed by atoms with Gasteiger partial charge in [0.05, 0.1) is 24.0 Å². The minimum Gasteiger partial charge on any atom is -0.376 e. The van der Waals surface area contributed by atoms with Gasteiger partial charge in [-0.2, -0.15) is 10.1 Å². The zero-order valence-corrected chi connectivity index (χ0v) is 16.6. The van der Waals surface area contributed by atoms with E-state index in [4.69, 9.17) is 9.26 Å². The highest BCUT2D eigenvalue weighted by Gasteiger charge is 2.26.